The molecule has 2 nitrogen and oxygen atoms in total. The van der Waals surface area contributed by atoms with Crippen molar-refractivity contribution in [2.75, 3.05) is 6.61 Å². The number of rotatable bonds is 3. The Balaban J connectivity index is 2.17. The Labute approximate surface area is 87.1 Å². The van der Waals surface area contributed by atoms with E-state index in [1.54, 1.807) is 6.08 Å². The predicted molar refractivity (Wildman–Crippen MR) is 58.8 cm³/mol. The molecule has 0 unspecified atom stereocenters. The summed E-state index contributed by atoms with van der Waals surface area (Å²) in [4.78, 5) is 3.12. The zero-order chi connectivity index (χ0) is 9.80. The van der Waals surface area contributed by atoms with Gasteiger partial charge in [-0.3, -0.25) is 0 Å². The highest BCUT2D eigenvalue weighted by atomic mass is 35.5. The van der Waals surface area contributed by atoms with E-state index in [1.807, 2.05) is 30.5 Å². The second kappa shape index (κ2) is 4.20. The van der Waals surface area contributed by atoms with E-state index in [0.29, 0.717) is 6.61 Å². The number of benzene rings is 1. The van der Waals surface area contributed by atoms with Gasteiger partial charge in [0.25, 0.3) is 0 Å². The maximum atomic E-state index is 5.44. The molecule has 0 bridgehead atoms. The van der Waals surface area contributed by atoms with Crippen molar-refractivity contribution in [3.63, 3.8) is 0 Å². The lowest BCUT2D eigenvalue weighted by molar-refractivity contribution is 0.363. The summed E-state index contributed by atoms with van der Waals surface area (Å²) in [6.07, 6.45) is 3.66. The predicted octanol–water partition coefficient (Wildman–Crippen LogP) is 3.30. The summed E-state index contributed by atoms with van der Waals surface area (Å²) in [6, 6.07) is 7.93. The van der Waals surface area contributed by atoms with E-state index in [4.69, 9.17) is 16.3 Å². The minimum absolute atomic E-state index is 0.499. The van der Waals surface area contributed by atoms with E-state index < -0.39 is 0 Å². The van der Waals surface area contributed by atoms with E-state index in [9.17, 15) is 0 Å². The van der Waals surface area contributed by atoms with E-state index >= 15 is 0 Å². The topological polar surface area (TPSA) is 25.0 Å². The molecule has 0 saturated carbocycles. The van der Waals surface area contributed by atoms with E-state index in [1.165, 1.54) is 5.54 Å². The first kappa shape index (κ1) is 9.16. The van der Waals surface area contributed by atoms with Gasteiger partial charge in [0.2, 0.25) is 0 Å². The molecule has 0 spiro atoms. The summed E-state index contributed by atoms with van der Waals surface area (Å²) < 4.78 is 5.44. The molecule has 0 fully saturated rings. The molecule has 1 aromatic heterocycles. The molecule has 0 aliphatic rings. The summed E-state index contributed by atoms with van der Waals surface area (Å²) >= 11 is 5.38. The van der Waals surface area contributed by atoms with Gasteiger partial charge in [0.1, 0.15) is 12.4 Å². The van der Waals surface area contributed by atoms with E-state index in [-0.39, 0.29) is 0 Å². The van der Waals surface area contributed by atoms with Crippen molar-refractivity contribution in [2.45, 2.75) is 0 Å². The van der Waals surface area contributed by atoms with Crippen LogP contribution in [0.4, 0.5) is 0 Å². The van der Waals surface area contributed by atoms with Crippen molar-refractivity contribution in [2.24, 2.45) is 0 Å². The van der Waals surface area contributed by atoms with Crippen LogP contribution >= 0.6 is 11.6 Å². The van der Waals surface area contributed by atoms with Crippen LogP contribution in [0, 0.1) is 0 Å². The minimum atomic E-state index is 0.499. The number of ether oxygens (including phenoxy) is 1. The number of halogens is 1. The first-order valence-electron chi connectivity index (χ1n) is 4.35. The largest absolute Gasteiger partial charge is 0.489 e. The number of aromatic amines is 1. The summed E-state index contributed by atoms with van der Waals surface area (Å²) in [7, 11) is 0. The molecule has 0 saturated heterocycles. The molecule has 72 valence electrons. The number of H-pyrrole nitrogens is 1. The molecule has 0 atom stereocenters. The standard InChI is InChI=1S/C11H10ClNO/c12-5-1-7-14-10-2-3-11-9(8-10)4-6-13-11/h1-6,8,13H,7H2/b5-1+. The van der Waals surface area contributed by atoms with Crippen LogP contribution < -0.4 is 4.74 Å². The number of fused-ring (bicyclic) bond motifs is 1. The summed E-state index contributed by atoms with van der Waals surface area (Å²) in [5.74, 6) is 0.854. The van der Waals surface area contributed by atoms with E-state index in [2.05, 4.69) is 4.98 Å². The fourth-order valence-electron chi connectivity index (χ4n) is 1.30. The number of aromatic nitrogens is 1. The van der Waals surface area contributed by atoms with Crippen LogP contribution in [-0.4, -0.2) is 11.6 Å². The smallest absolute Gasteiger partial charge is 0.120 e. The summed E-state index contributed by atoms with van der Waals surface area (Å²) in [5.41, 5.74) is 2.57. The maximum Gasteiger partial charge on any atom is 0.120 e. The van der Waals surface area contributed by atoms with Crippen LogP contribution in [0.2, 0.25) is 0 Å². The molecule has 2 aromatic rings. The van der Waals surface area contributed by atoms with Crippen molar-refractivity contribution in [1.29, 1.82) is 0 Å². The van der Waals surface area contributed by atoms with Gasteiger partial charge in [-0.25, -0.2) is 0 Å². The Morgan fingerprint density at radius 1 is 1.36 bits per heavy atom. The Morgan fingerprint density at radius 3 is 3.14 bits per heavy atom. The van der Waals surface area contributed by atoms with Gasteiger partial charge >= 0.3 is 0 Å². The van der Waals surface area contributed by atoms with Gasteiger partial charge in [-0.05, 0) is 30.3 Å². The fourth-order valence-corrected chi connectivity index (χ4v) is 1.37. The van der Waals surface area contributed by atoms with Crippen LogP contribution in [-0.2, 0) is 0 Å². The highest BCUT2D eigenvalue weighted by Gasteiger charge is 1.96. The second-order valence-electron chi connectivity index (χ2n) is 2.90. The van der Waals surface area contributed by atoms with Gasteiger partial charge in [0.15, 0.2) is 0 Å². The van der Waals surface area contributed by atoms with Crippen LogP contribution in [0.15, 0.2) is 42.1 Å². The van der Waals surface area contributed by atoms with Crippen LogP contribution in [0.3, 0.4) is 0 Å². The lowest BCUT2D eigenvalue weighted by Crippen LogP contribution is -1.92. The molecule has 2 rings (SSSR count). The molecule has 14 heavy (non-hydrogen) atoms. The number of nitrogens with one attached hydrogen (secondary N) is 1. The molecule has 0 radical (unpaired) electrons. The van der Waals surface area contributed by atoms with Gasteiger partial charge in [0, 0.05) is 22.6 Å². The second-order valence-corrected chi connectivity index (χ2v) is 3.15. The van der Waals surface area contributed by atoms with Crippen molar-refractivity contribution in [1.82, 2.24) is 4.98 Å². The molecule has 0 aliphatic heterocycles. The molecule has 3 heteroatoms. The summed E-state index contributed by atoms with van der Waals surface area (Å²) in [5, 5.41) is 1.15. The Hall–Kier alpha value is -1.41. The lowest BCUT2D eigenvalue weighted by atomic mass is 10.2. The third-order valence-corrected chi connectivity index (χ3v) is 2.14. The van der Waals surface area contributed by atoms with E-state index in [0.717, 1.165) is 16.7 Å². The first-order valence-corrected chi connectivity index (χ1v) is 4.79. The average Bonchev–Trinajstić information content (AvgIpc) is 2.65. The van der Waals surface area contributed by atoms with Crippen molar-refractivity contribution in [3.8, 4) is 5.75 Å². The minimum Gasteiger partial charge on any atom is -0.489 e. The first-order chi connectivity index (χ1) is 6.90. The van der Waals surface area contributed by atoms with Gasteiger partial charge in [-0.1, -0.05) is 11.6 Å². The van der Waals surface area contributed by atoms with Crippen LogP contribution in [0.1, 0.15) is 0 Å². The zero-order valence-electron chi connectivity index (χ0n) is 7.53. The quantitative estimate of drug-likeness (QED) is 0.821. The Kier molecular flexibility index (Phi) is 2.75. The van der Waals surface area contributed by atoms with Crippen molar-refractivity contribution in [3.05, 3.63) is 42.1 Å². The van der Waals surface area contributed by atoms with Gasteiger partial charge in [-0.2, -0.15) is 0 Å². The third kappa shape index (κ3) is 1.91. The summed E-state index contributed by atoms with van der Waals surface area (Å²) in [6.45, 7) is 0.499. The SMILES string of the molecule is Cl/C=C/COc1ccc2[nH]ccc2c1. The molecule has 0 amide bonds. The molecule has 0 aliphatic carbocycles. The molecular weight excluding hydrogens is 198 g/mol. The van der Waals surface area contributed by atoms with Crippen LogP contribution in [0.5, 0.6) is 5.75 Å². The maximum absolute atomic E-state index is 5.44. The Morgan fingerprint density at radius 2 is 2.29 bits per heavy atom. The van der Waals surface area contributed by atoms with Crippen LogP contribution in [0.25, 0.3) is 10.9 Å². The van der Waals surface area contributed by atoms with Gasteiger partial charge in [0.05, 0.1) is 0 Å². The molecule has 1 aromatic carbocycles. The molecule has 1 N–H and O–H groups in total. The van der Waals surface area contributed by atoms with Crippen molar-refractivity contribution < 1.29 is 4.74 Å². The monoisotopic (exact) mass is 207 g/mol. The van der Waals surface area contributed by atoms with Gasteiger partial charge in [-0.15, -0.1) is 0 Å². The number of hydrogen-bond acceptors (Lipinski definition) is 1. The Bertz CT molecular complexity index is 447. The zero-order valence-corrected chi connectivity index (χ0v) is 8.29. The highest BCUT2D eigenvalue weighted by Crippen LogP contribution is 2.19. The fraction of sp³-hybridized carbons (Fsp3) is 0.0909. The highest BCUT2D eigenvalue weighted by molar-refractivity contribution is 6.25. The normalized spacial score (nSPS) is 11.2. The van der Waals surface area contributed by atoms with Crippen molar-refractivity contribution >= 4 is 22.5 Å². The average molecular weight is 208 g/mol. The molecule has 1 heterocycles. The molecular formula is C11H10ClNO. The number of hydrogen-bond donors (Lipinski definition) is 1. The lowest BCUT2D eigenvalue weighted by Gasteiger charge is -2.02. The third-order valence-electron chi connectivity index (χ3n) is 1.96. The van der Waals surface area contributed by atoms with Gasteiger partial charge < -0.3 is 9.72 Å².